The van der Waals surface area contributed by atoms with Crippen LogP contribution in [0, 0.1) is 6.92 Å². The first-order valence-corrected chi connectivity index (χ1v) is 12.4. The first-order chi connectivity index (χ1) is 18.7. The van der Waals surface area contributed by atoms with E-state index in [2.05, 4.69) is 46.5 Å². The van der Waals surface area contributed by atoms with Crippen molar-refractivity contribution in [2.45, 2.75) is 19.4 Å². The second-order valence-electron chi connectivity index (χ2n) is 9.37. The van der Waals surface area contributed by atoms with Crippen molar-refractivity contribution in [1.82, 2.24) is 19.6 Å². The smallest absolute Gasteiger partial charge is 0.228 e. The van der Waals surface area contributed by atoms with Crippen LogP contribution in [0.4, 0.5) is 0 Å². The molecule has 7 rings (SSSR count). The summed E-state index contributed by atoms with van der Waals surface area (Å²) in [5.74, 6) is 3.29. The first kappa shape index (κ1) is 22.3. The van der Waals surface area contributed by atoms with Crippen LogP contribution in [-0.2, 0) is 6.61 Å². The molecule has 2 aromatic heterocycles. The average Bonchev–Trinajstić information content (AvgIpc) is 3.39. The molecule has 0 unspecified atom stereocenters. The number of aryl methyl sites for hydroxylation is 1. The molecule has 0 fully saturated rings. The minimum absolute atomic E-state index is 0.169. The van der Waals surface area contributed by atoms with Crippen molar-refractivity contribution in [1.29, 1.82) is 0 Å². The third-order valence-electron chi connectivity index (χ3n) is 6.98. The predicted molar refractivity (Wildman–Crippen MR) is 144 cm³/mol. The molecular weight excluding hydrogens is 476 g/mol. The number of fused-ring (bicyclic) bond motifs is 6. The van der Waals surface area contributed by atoms with Crippen LogP contribution in [0.1, 0.15) is 34.0 Å². The van der Waals surface area contributed by atoms with E-state index in [1.165, 1.54) is 5.56 Å². The molecule has 0 saturated heterocycles. The summed E-state index contributed by atoms with van der Waals surface area (Å²) in [7, 11) is 1.67. The van der Waals surface area contributed by atoms with E-state index < -0.39 is 0 Å². The van der Waals surface area contributed by atoms with Gasteiger partial charge in [-0.15, -0.1) is 5.10 Å². The molecule has 0 radical (unpaired) electrons. The van der Waals surface area contributed by atoms with Gasteiger partial charge in [-0.1, -0.05) is 60.2 Å². The third kappa shape index (κ3) is 3.71. The lowest BCUT2D eigenvalue weighted by atomic mass is 9.81. The summed E-state index contributed by atoms with van der Waals surface area (Å²) in [6, 6.07) is 28.5. The zero-order chi connectivity index (χ0) is 25.6. The standard InChI is InChI=1S/C31H24N4O3/c1-19-7-12-23(13-8-19)37-17-26-33-30-29-27(21-9-14-22(36-2)15-10-21)28-24-6-4-3-5-20(24)11-16-25(28)38-31(29)32-18-35(30)34-26/h3-16,18,27H,17H2,1-2H3/t27-/m1/s1. The molecule has 1 aliphatic heterocycles. The zero-order valence-corrected chi connectivity index (χ0v) is 21.0. The molecule has 0 saturated carbocycles. The Morgan fingerprint density at radius 2 is 1.66 bits per heavy atom. The lowest BCUT2D eigenvalue weighted by Crippen LogP contribution is -2.15. The Morgan fingerprint density at radius 1 is 0.868 bits per heavy atom. The van der Waals surface area contributed by atoms with E-state index in [-0.39, 0.29) is 12.5 Å². The molecule has 1 atom stereocenters. The quantitative estimate of drug-likeness (QED) is 0.270. The molecule has 0 aliphatic carbocycles. The minimum atomic E-state index is -0.169. The summed E-state index contributed by atoms with van der Waals surface area (Å²) in [6.07, 6.45) is 1.65. The van der Waals surface area contributed by atoms with E-state index in [0.717, 1.165) is 44.7 Å². The highest BCUT2D eigenvalue weighted by atomic mass is 16.5. The van der Waals surface area contributed by atoms with Crippen molar-refractivity contribution in [2.24, 2.45) is 0 Å². The fourth-order valence-corrected chi connectivity index (χ4v) is 5.12. The molecule has 0 bridgehead atoms. The fraction of sp³-hybridized carbons (Fsp3) is 0.129. The number of nitrogens with zero attached hydrogens (tertiary/aromatic N) is 4. The van der Waals surface area contributed by atoms with Gasteiger partial charge in [0.1, 0.15) is 30.2 Å². The highest BCUT2D eigenvalue weighted by Gasteiger charge is 2.34. The van der Waals surface area contributed by atoms with Gasteiger partial charge in [-0.3, -0.25) is 0 Å². The van der Waals surface area contributed by atoms with Crippen LogP contribution in [0.15, 0.2) is 91.3 Å². The van der Waals surface area contributed by atoms with E-state index in [1.807, 2.05) is 55.5 Å². The van der Waals surface area contributed by atoms with Gasteiger partial charge in [0.05, 0.1) is 12.7 Å². The van der Waals surface area contributed by atoms with Crippen LogP contribution in [0.25, 0.3) is 16.4 Å². The fourth-order valence-electron chi connectivity index (χ4n) is 5.12. The number of methoxy groups -OCH3 is 1. The van der Waals surface area contributed by atoms with Gasteiger partial charge >= 0.3 is 0 Å². The maximum absolute atomic E-state index is 6.39. The lowest BCUT2D eigenvalue weighted by molar-refractivity contribution is 0.296. The van der Waals surface area contributed by atoms with Gasteiger partial charge in [-0.2, -0.15) is 0 Å². The van der Waals surface area contributed by atoms with Gasteiger partial charge in [-0.25, -0.2) is 14.5 Å². The Kier molecular flexibility index (Phi) is 5.21. The van der Waals surface area contributed by atoms with Crippen molar-refractivity contribution in [2.75, 3.05) is 7.11 Å². The van der Waals surface area contributed by atoms with Crippen molar-refractivity contribution in [3.63, 3.8) is 0 Å². The molecule has 186 valence electrons. The average molecular weight is 501 g/mol. The Bertz CT molecular complexity index is 1790. The van der Waals surface area contributed by atoms with E-state index in [4.69, 9.17) is 19.2 Å². The number of ether oxygens (including phenoxy) is 3. The SMILES string of the molecule is COc1ccc([C@@H]2c3c(ccc4ccccc34)Oc3ncn4nc(COc5ccc(C)cc5)nc4c32)cc1. The summed E-state index contributed by atoms with van der Waals surface area (Å²) in [5, 5.41) is 6.94. The van der Waals surface area contributed by atoms with Crippen molar-refractivity contribution >= 4 is 16.4 Å². The van der Waals surface area contributed by atoms with E-state index in [9.17, 15) is 0 Å². The van der Waals surface area contributed by atoms with Gasteiger partial charge in [-0.05, 0) is 53.6 Å². The maximum Gasteiger partial charge on any atom is 0.228 e. The van der Waals surface area contributed by atoms with Crippen molar-refractivity contribution in [3.05, 3.63) is 119 Å². The normalized spacial score (nSPS) is 14.1. The Balaban J connectivity index is 1.39. The molecule has 6 aromatic rings. The summed E-state index contributed by atoms with van der Waals surface area (Å²) >= 11 is 0. The Morgan fingerprint density at radius 3 is 2.47 bits per heavy atom. The summed E-state index contributed by atoms with van der Waals surface area (Å²) < 4.78 is 19.5. The zero-order valence-electron chi connectivity index (χ0n) is 21.0. The second-order valence-corrected chi connectivity index (χ2v) is 9.37. The van der Waals surface area contributed by atoms with Gasteiger partial charge in [0.25, 0.3) is 0 Å². The van der Waals surface area contributed by atoms with Crippen LogP contribution < -0.4 is 14.2 Å². The van der Waals surface area contributed by atoms with Crippen molar-refractivity contribution < 1.29 is 14.2 Å². The summed E-state index contributed by atoms with van der Waals surface area (Å²) in [5.41, 5.74) is 4.91. The number of rotatable bonds is 5. The van der Waals surface area contributed by atoms with Gasteiger partial charge in [0.2, 0.25) is 5.88 Å². The minimum Gasteiger partial charge on any atom is -0.497 e. The molecule has 3 heterocycles. The number of hydrogen-bond donors (Lipinski definition) is 0. The molecule has 0 spiro atoms. The molecule has 0 amide bonds. The number of benzene rings is 4. The summed E-state index contributed by atoms with van der Waals surface area (Å²) in [4.78, 5) is 9.55. The van der Waals surface area contributed by atoms with E-state index in [0.29, 0.717) is 17.4 Å². The predicted octanol–water partition coefficient (Wildman–Crippen LogP) is 6.46. The maximum atomic E-state index is 6.39. The first-order valence-electron chi connectivity index (χ1n) is 12.4. The summed E-state index contributed by atoms with van der Waals surface area (Å²) in [6.45, 7) is 2.29. The van der Waals surface area contributed by atoms with Gasteiger partial charge in [0.15, 0.2) is 11.5 Å². The molecule has 38 heavy (non-hydrogen) atoms. The van der Waals surface area contributed by atoms with Crippen LogP contribution in [0.3, 0.4) is 0 Å². The van der Waals surface area contributed by atoms with Crippen molar-refractivity contribution in [3.8, 4) is 23.1 Å². The van der Waals surface area contributed by atoms with Crippen LogP contribution in [0.2, 0.25) is 0 Å². The topological polar surface area (TPSA) is 70.8 Å². The van der Waals surface area contributed by atoms with Gasteiger partial charge in [0, 0.05) is 11.5 Å². The van der Waals surface area contributed by atoms with E-state index in [1.54, 1.807) is 18.0 Å². The highest BCUT2D eigenvalue weighted by molar-refractivity contribution is 5.90. The van der Waals surface area contributed by atoms with Crippen LogP contribution >= 0.6 is 0 Å². The lowest BCUT2D eigenvalue weighted by Gasteiger charge is -2.29. The van der Waals surface area contributed by atoms with E-state index >= 15 is 0 Å². The second kappa shape index (κ2) is 8.88. The molecular formula is C31H24N4O3. The number of hydrogen-bond acceptors (Lipinski definition) is 6. The largest absolute Gasteiger partial charge is 0.497 e. The van der Waals surface area contributed by atoms with Crippen LogP contribution in [-0.4, -0.2) is 26.7 Å². The molecule has 7 nitrogen and oxygen atoms in total. The molecule has 0 N–H and O–H groups in total. The Labute approximate surface area is 219 Å². The molecule has 1 aliphatic rings. The molecule has 7 heteroatoms. The van der Waals surface area contributed by atoms with Crippen LogP contribution in [0.5, 0.6) is 23.1 Å². The Hall–Kier alpha value is -4.91. The monoisotopic (exact) mass is 500 g/mol. The molecule has 4 aromatic carbocycles. The van der Waals surface area contributed by atoms with Gasteiger partial charge < -0.3 is 14.2 Å². The number of aromatic nitrogens is 4. The highest BCUT2D eigenvalue weighted by Crippen LogP contribution is 2.50. The third-order valence-corrected chi connectivity index (χ3v) is 6.98.